The molecule has 3 nitrogen and oxygen atoms in total. The molecule has 1 N–H and O–H groups in total. The monoisotopic (exact) mass is 355 g/mol. The van der Waals surface area contributed by atoms with Crippen LogP contribution in [0.25, 0.3) is 0 Å². The molecule has 0 spiro atoms. The number of carbonyl (C=O) groups excluding carboxylic acids is 1. The normalized spacial score (nSPS) is 15.7. The molecule has 3 rings (SSSR count). The minimum atomic E-state index is -0.646. The highest BCUT2D eigenvalue weighted by Crippen LogP contribution is 2.26. The fourth-order valence-electron chi connectivity index (χ4n) is 3.45. The van der Waals surface area contributed by atoms with Gasteiger partial charge >= 0.3 is 0 Å². The summed E-state index contributed by atoms with van der Waals surface area (Å²) in [6.45, 7) is 3.77. The van der Waals surface area contributed by atoms with Crippen LogP contribution in [-0.2, 0) is 17.6 Å². The summed E-state index contributed by atoms with van der Waals surface area (Å²) >= 11 is 0. The molecule has 0 saturated heterocycles. The van der Waals surface area contributed by atoms with Crippen molar-refractivity contribution in [3.63, 3.8) is 0 Å². The SMILES string of the molecule is CC[C@H](NC(=O)[C@H](C)Oc1ccc(F)cc1)c1ccc2c(c1)CCCC2. The van der Waals surface area contributed by atoms with Crippen LogP contribution in [0.5, 0.6) is 5.75 Å². The Kier molecular flexibility index (Phi) is 5.92. The number of ether oxygens (including phenoxy) is 1. The lowest BCUT2D eigenvalue weighted by molar-refractivity contribution is -0.128. The van der Waals surface area contributed by atoms with E-state index in [1.165, 1.54) is 48.2 Å². The number of nitrogens with one attached hydrogen (secondary N) is 1. The average Bonchev–Trinajstić information content (AvgIpc) is 2.67. The lowest BCUT2D eigenvalue weighted by Gasteiger charge is -2.23. The van der Waals surface area contributed by atoms with E-state index in [1.807, 2.05) is 0 Å². The molecule has 1 aliphatic carbocycles. The van der Waals surface area contributed by atoms with E-state index < -0.39 is 6.10 Å². The first-order valence-corrected chi connectivity index (χ1v) is 9.41. The number of halogens is 1. The van der Waals surface area contributed by atoms with E-state index in [0.29, 0.717) is 5.75 Å². The summed E-state index contributed by atoms with van der Waals surface area (Å²) in [6, 6.07) is 12.2. The van der Waals surface area contributed by atoms with Gasteiger partial charge in [0.15, 0.2) is 6.10 Å². The number of carbonyl (C=O) groups is 1. The second-order valence-corrected chi connectivity index (χ2v) is 6.92. The first-order valence-electron chi connectivity index (χ1n) is 9.41. The van der Waals surface area contributed by atoms with Gasteiger partial charge in [-0.3, -0.25) is 4.79 Å². The molecule has 0 bridgehead atoms. The smallest absolute Gasteiger partial charge is 0.261 e. The van der Waals surface area contributed by atoms with Crippen LogP contribution in [0.15, 0.2) is 42.5 Å². The average molecular weight is 355 g/mol. The molecule has 0 fully saturated rings. The third kappa shape index (κ3) is 4.43. The second kappa shape index (κ2) is 8.35. The van der Waals surface area contributed by atoms with Gasteiger partial charge in [0.25, 0.3) is 5.91 Å². The van der Waals surface area contributed by atoms with Crippen LogP contribution in [0.1, 0.15) is 55.8 Å². The van der Waals surface area contributed by atoms with E-state index in [9.17, 15) is 9.18 Å². The Morgan fingerprint density at radius 3 is 2.50 bits per heavy atom. The Labute approximate surface area is 154 Å². The maximum atomic E-state index is 13.0. The molecular weight excluding hydrogens is 329 g/mol. The summed E-state index contributed by atoms with van der Waals surface area (Å²) in [5.41, 5.74) is 4.00. The van der Waals surface area contributed by atoms with E-state index in [1.54, 1.807) is 6.92 Å². The van der Waals surface area contributed by atoms with Gasteiger partial charge in [-0.1, -0.05) is 25.1 Å². The minimum absolute atomic E-state index is 0.0333. The van der Waals surface area contributed by atoms with E-state index in [4.69, 9.17) is 4.74 Å². The van der Waals surface area contributed by atoms with Gasteiger partial charge in [0.1, 0.15) is 11.6 Å². The molecular formula is C22H26FNO2. The highest BCUT2D eigenvalue weighted by molar-refractivity contribution is 5.81. The Balaban J connectivity index is 1.65. The minimum Gasteiger partial charge on any atom is -0.481 e. The lowest BCUT2D eigenvalue weighted by atomic mass is 9.89. The zero-order valence-electron chi connectivity index (χ0n) is 15.4. The molecule has 2 aromatic carbocycles. The summed E-state index contributed by atoms with van der Waals surface area (Å²) in [6.07, 6.45) is 4.94. The molecule has 0 heterocycles. The summed E-state index contributed by atoms with van der Waals surface area (Å²) < 4.78 is 18.6. The number of hydrogen-bond acceptors (Lipinski definition) is 2. The molecule has 0 radical (unpaired) electrons. The summed E-state index contributed by atoms with van der Waals surface area (Å²) in [5, 5.41) is 3.08. The largest absolute Gasteiger partial charge is 0.481 e. The van der Waals surface area contributed by atoms with Gasteiger partial charge in [-0.25, -0.2) is 4.39 Å². The van der Waals surface area contributed by atoms with Gasteiger partial charge in [-0.15, -0.1) is 0 Å². The summed E-state index contributed by atoms with van der Waals surface area (Å²) in [4.78, 5) is 12.5. The number of amides is 1. The Morgan fingerprint density at radius 1 is 1.12 bits per heavy atom. The molecule has 1 aliphatic rings. The third-order valence-corrected chi connectivity index (χ3v) is 5.00. The van der Waals surface area contributed by atoms with Crippen molar-refractivity contribution < 1.29 is 13.9 Å². The number of aryl methyl sites for hydroxylation is 2. The van der Waals surface area contributed by atoms with Crippen LogP contribution in [0.3, 0.4) is 0 Å². The predicted molar refractivity (Wildman–Crippen MR) is 101 cm³/mol. The van der Waals surface area contributed by atoms with Crippen molar-refractivity contribution in [3.8, 4) is 5.75 Å². The fraction of sp³-hybridized carbons (Fsp3) is 0.409. The molecule has 0 unspecified atom stereocenters. The maximum absolute atomic E-state index is 13.0. The quantitative estimate of drug-likeness (QED) is 0.813. The molecule has 138 valence electrons. The molecule has 1 amide bonds. The summed E-state index contributed by atoms with van der Waals surface area (Å²) in [5.74, 6) is -0.0114. The number of hydrogen-bond donors (Lipinski definition) is 1. The topological polar surface area (TPSA) is 38.3 Å². The van der Waals surface area contributed by atoms with Gasteiger partial charge in [-0.2, -0.15) is 0 Å². The molecule has 2 aromatic rings. The van der Waals surface area contributed by atoms with Crippen molar-refractivity contribution in [2.45, 2.75) is 58.1 Å². The standard InChI is InChI=1S/C22H26FNO2/c1-3-21(18-9-8-16-6-4-5-7-17(16)14-18)24-22(25)15(2)26-20-12-10-19(23)11-13-20/h8-15,21H,3-7H2,1-2H3,(H,24,25)/t15-,21-/m0/s1. The highest BCUT2D eigenvalue weighted by atomic mass is 19.1. The van der Waals surface area contributed by atoms with Crippen molar-refractivity contribution in [1.82, 2.24) is 5.32 Å². The van der Waals surface area contributed by atoms with Crippen molar-refractivity contribution in [2.75, 3.05) is 0 Å². The fourth-order valence-corrected chi connectivity index (χ4v) is 3.45. The van der Waals surface area contributed by atoms with E-state index in [2.05, 4.69) is 30.4 Å². The van der Waals surface area contributed by atoms with E-state index >= 15 is 0 Å². The molecule has 0 aromatic heterocycles. The number of fused-ring (bicyclic) bond motifs is 1. The molecule has 0 saturated carbocycles. The molecule has 4 heteroatoms. The zero-order chi connectivity index (χ0) is 18.5. The van der Waals surface area contributed by atoms with Gasteiger partial charge in [-0.05, 0) is 80.0 Å². The number of rotatable bonds is 6. The van der Waals surface area contributed by atoms with Gasteiger partial charge in [0.05, 0.1) is 6.04 Å². The Hall–Kier alpha value is -2.36. The van der Waals surface area contributed by atoms with E-state index in [0.717, 1.165) is 24.8 Å². The van der Waals surface area contributed by atoms with Crippen LogP contribution >= 0.6 is 0 Å². The van der Waals surface area contributed by atoms with Crippen LogP contribution in [0.4, 0.5) is 4.39 Å². The maximum Gasteiger partial charge on any atom is 0.261 e. The van der Waals surface area contributed by atoms with Crippen molar-refractivity contribution in [2.24, 2.45) is 0 Å². The predicted octanol–water partition coefficient (Wildman–Crippen LogP) is 4.74. The highest BCUT2D eigenvalue weighted by Gasteiger charge is 2.20. The first kappa shape index (κ1) is 18.4. The molecule has 2 atom stereocenters. The molecule has 26 heavy (non-hydrogen) atoms. The van der Waals surface area contributed by atoms with Crippen LogP contribution < -0.4 is 10.1 Å². The number of benzene rings is 2. The van der Waals surface area contributed by atoms with Gasteiger partial charge < -0.3 is 10.1 Å². The van der Waals surface area contributed by atoms with Crippen LogP contribution in [0, 0.1) is 5.82 Å². The van der Waals surface area contributed by atoms with Crippen molar-refractivity contribution in [3.05, 3.63) is 65.0 Å². The van der Waals surface area contributed by atoms with E-state index in [-0.39, 0.29) is 17.8 Å². The third-order valence-electron chi connectivity index (χ3n) is 5.00. The van der Waals surface area contributed by atoms with Crippen LogP contribution in [-0.4, -0.2) is 12.0 Å². The van der Waals surface area contributed by atoms with Gasteiger partial charge in [0.2, 0.25) is 0 Å². The van der Waals surface area contributed by atoms with Crippen molar-refractivity contribution >= 4 is 5.91 Å². The van der Waals surface area contributed by atoms with Crippen LogP contribution in [0.2, 0.25) is 0 Å². The Bertz CT molecular complexity index is 757. The second-order valence-electron chi connectivity index (χ2n) is 6.92. The first-order chi connectivity index (χ1) is 12.6. The molecule has 0 aliphatic heterocycles. The summed E-state index contributed by atoms with van der Waals surface area (Å²) in [7, 11) is 0. The Morgan fingerprint density at radius 2 is 1.81 bits per heavy atom. The zero-order valence-corrected chi connectivity index (χ0v) is 15.4. The van der Waals surface area contributed by atoms with Gasteiger partial charge in [0, 0.05) is 0 Å². The van der Waals surface area contributed by atoms with Crippen molar-refractivity contribution in [1.29, 1.82) is 0 Å². The lowest BCUT2D eigenvalue weighted by Crippen LogP contribution is -2.38.